The van der Waals surface area contributed by atoms with Gasteiger partial charge in [-0.3, -0.25) is 0 Å². The van der Waals surface area contributed by atoms with Crippen LogP contribution in [0.15, 0.2) is 30.3 Å². The first-order valence-corrected chi connectivity index (χ1v) is 9.36. The Bertz CT molecular complexity index is 311. The molecule has 0 aromatic heterocycles. The van der Waals surface area contributed by atoms with Crippen molar-refractivity contribution in [2.24, 2.45) is 0 Å². The SMILES string of the molecule is CO[Si](C)(C)CCC(C)OCc1ccccc1. The number of hydrogen-bond donors (Lipinski definition) is 0. The van der Waals surface area contributed by atoms with Crippen LogP contribution in [0.3, 0.4) is 0 Å². The Morgan fingerprint density at radius 3 is 2.41 bits per heavy atom. The first-order chi connectivity index (χ1) is 8.03. The van der Waals surface area contributed by atoms with Crippen LogP contribution < -0.4 is 0 Å². The van der Waals surface area contributed by atoms with Gasteiger partial charge in [-0.25, -0.2) is 0 Å². The van der Waals surface area contributed by atoms with E-state index in [1.165, 1.54) is 5.56 Å². The largest absolute Gasteiger partial charge is 0.420 e. The van der Waals surface area contributed by atoms with Gasteiger partial charge in [0, 0.05) is 7.11 Å². The highest BCUT2D eigenvalue weighted by atomic mass is 28.4. The monoisotopic (exact) mass is 252 g/mol. The summed E-state index contributed by atoms with van der Waals surface area (Å²) < 4.78 is 11.4. The minimum absolute atomic E-state index is 0.303. The minimum atomic E-state index is -1.43. The number of rotatable bonds is 7. The molecular formula is C14H24O2Si. The van der Waals surface area contributed by atoms with Crippen molar-refractivity contribution in [1.82, 2.24) is 0 Å². The molecule has 0 saturated carbocycles. The highest BCUT2D eigenvalue weighted by molar-refractivity contribution is 6.71. The Morgan fingerprint density at radius 2 is 1.82 bits per heavy atom. The van der Waals surface area contributed by atoms with Gasteiger partial charge in [-0.15, -0.1) is 0 Å². The predicted octanol–water partition coefficient (Wildman–Crippen LogP) is 3.83. The fraction of sp³-hybridized carbons (Fsp3) is 0.571. The third kappa shape index (κ3) is 6.01. The maximum Gasteiger partial charge on any atom is 0.186 e. The van der Waals surface area contributed by atoms with E-state index in [1.807, 2.05) is 25.3 Å². The summed E-state index contributed by atoms with van der Waals surface area (Å²) in [4.78, 5) is 0. The Labute approximate surface area is 106 Å². The van der Waals surface area contributed by atoms with Crippen molar-refractivity contribution in [3.63, 3.8) is 0 Å². The van der Waals surface area contributed by atoms with Gasteiger partial charge < -0.3 is 9.16 Å². The molecule has 0 aliphatic rings. The lowest BCUT2D eigenvalue weighted by atomic mass is 10.2. The molecule has 0 N–H and O–H groups in total. The van der Waals surface area contributed by atoms with Gasteiger partial charge in [0.15, 0.2) is 8.32 Å². The molecule has 1 unspecified atom stereocenters. The minimum Gasteiger partial charge on any atom is -0.420 e. The second-order valence-corrected chi connectivity index (χ2v) is 9.54. The quantitative estimate of drug-likeness (QED) is 0.687. The molecule has 0 radical (unpaired) electrons. The second kappa shape index (κ2) is 6.94. The van der Waals surface area contributed by atoms with Crippen molar-refractivity contribution in [2.45, 2.75) is 45.2 Å². The molecule has 0 heterocycles. The van der Waals surface area contributed by atoms with Gasteiger partial charge in [-0.1, -0.05) is 30.3 Å². The molecule has 96 valence electrons. The van der Waals surface area contributed by atoms with Gasteiger partial charge in [-0.05, 0) is 38.0 Å². The van der Waals surface area contributed by atoms with Crippen LogP contribution in [0.1, 0.15) is 18.9 Å². The summed E-state index contributed by atoms with van der Waals surface area (Å²) in [5, 5.41) is 0. The molecule has 0 aliphatic heterocycles. The molecule has 3 heteroatoms. The van der Waals surface area contributed by atoms with Gasteiger partial charge in [-0.2, -0.15) is 0 Å². The molecule has 17 heavy (non-hydrogen) atoms. The zero-order chi connectivity index (χ0) is 12.7. The molecular weight excluding hydrogens is 228 g/mol. The van der Waals surface area contributed by atoms with E-state index in [2.05, 4.69) is 32.2 Å². The average molecular weight is 252 g/mol. The van der Waals surface area contributed by atoms with E-state index in [0.717, 1.165) is 12.5 Å². The van der Waals surface area contributed by atoms with Crippen LogP contribution in [0.4, 0.5) is 0 Å². The van der Waals surface area contributed by atoms with Crippen LogP contribution in [0, 0.1) is 0 Å². The summed E-state index contributed by atoms with van der Waals surface area (Å²) in [5.41, 5.74) is 1.24. The molecule has 0 aliphatic carbocycles. The van der Waals surface area contributed by atoms with Gasteiger partial charge in [0.05, 0.1) is 12.7 Å². The topological polar surface area (TPSA) is 18.5 Å². The smallest absolute Gasteiger partial charge is 0.186 e. The van der Waals surface area contributed by atoms with Crippen molar-refractivity contribution in [2.75, 3.05) is 7.11 Å². The standard InChI is InChI=1S/C14H24O2Si/c1-13(10-11-17(3,4)15-2)16-12-14-8-6-5-7-9-14/h5-9,13H,10-12H2,1-4H3. The first-order valence-electron chi connectivity index (χ1n) is 6.24. The molecule has 0 bridgehead atoms. The van der Waals surface area contributed by atoms with E-state index in [4.69, 9.17) is 9.16 Å². The third-order valence-electron chi connectivity index (χ3n) is 3.08. The Morgan fingerprint density at radius 1 is 1.18 bits per heavy atom. The Hall–Kier alpha value is -0.643. The molecule has 1 aromatic rings. The van der Waals surface area contributed by atoms with Crippen LogP contribution in [-0.4, -0.2) is 21.5 Å². The van der Waals surface area contributed by atoms with E-state index in [9.17, 15) is 0 Å². The van der Waals surface area contributed by atoms with Crippen molar-refractivity contribution in [3.8, 4) is 0 Å². The summed E-state index contributed by atoms with van der Waals surface area (Å²) >= 11 is 0. The lowest BCUT2D eigenvalue weighted by molar-refractivity contribution is 0.0501. The third-order valence-corrected chi connectivity index (χ3v) is 5.68. The molecule has 0 saturated heterocycles. The van der Waals surface area contributed by atoms with Crippen LogP contribution in [-0.2, 0) is 15.8 Å². The summed E-state index contributed by atoms with van der Waals surface area (Å²) in [6.07, 6.45) is 1.39. The van der Waals surface area contributed by atoms with Crippen LogP contribution in [0.2, 0.25) is 19.1 Å². The van der Waals surface area contributed by atoms with Crippen LogP contribution in [0.25, 0.3) is 0 Å². The number of ether oxygens (including phenoxy) is 1. The van der Waals surface area contributed by atoms with Crippen molar-refractivity contribution in [3.05, 3.63) is 35.9 Å². The first kappa shape index (κ1) is 14.4. The van der Waals surface area contributed by atoms with E-state index >= 15 is 0 Å². The molecule has 0 fully saturated rings. The lowest BCUT2D eigenvalue weighted by Gasteiger charge is -2.22. The number of benzene rings is 1. The number of hydrogen-bond acceptors (Lipinski definition) is 2. The fourth-order valence-electron chi connectivity index (χ4n) is 1.55. The van der Waals surface area contributed by atoms with E-state index in [-0.39, 0.29) is 0 Å². The fourth-order valence-corrected chi connectivity index (χ4v) is 2.85. The summed E-state index contributed by atoms with van der Waals surface area (Å²) in [6.45, 7) is 7.34. The van der Waals surface area contributed by atoms with Crippen molar-refractivity contribution >= 4 is 8.32 Å². The average Bonchev–Trinajstić information content (AvgIpc) is 2.35. The molecule has 0 amide bonds. The van der Waals surface area contributed by atoms with Crippen LogP contribution >= 0.6 is 0 Å². The molecule has 1 rings (SSSR count). The normalized spacial score (nSPS) is 13.6. The lowest BCUT2D eigenvalue weighted by Crippen LogP contribution is -2.29. The van der Waals surface area contributed by atoms with Gasteiger partial charge >= 0.3 is 0 Å². The molecule has 1 aromatic carbocycles. The maximum absolute atomic E-state index is 5.83. The van der Waals surface area contributed by atoms with Gasteiger partial charge in [0.1, 0.15) is 0 Å². The zero-order valence-electron chi connectivity index (χ0n) is 11.4. The molecule has 1 atom stereocenters. The zero-order valence-corrected chi connectivity index (χ0v) is 12.4. The van der Waals surface area contributed by atoms with E-state index < -0.39 is 8.32 Å². The van der Waals surface area contributed by atoms with Crippen molar-refractivity contribution < 1.29 is 9.16 Å². The van der Waals surface area contributed by atoms with Crippen molar-refractivity contribution in [1.29, 1.82) is 0 Å². The van der Waals surface area contributed by atoms with E-state index in [0.29, 0.717) is 12.7 Å². The second-order valence-electron chi connectivity index (χ2n) is 5.11. The van der Waals surface area contributed by atoms with E-state index in [1.54, 1.807) is 0 Å². The Balaban J connectivity index is 2.24. The van der Waals surface area contributed by atoms with Gasteiger partial charge in [0.2, 0.25) is 0 Å². The van der Waals surface area contributed by atoms with Crippen LogP contribution in [0.5, 0.6) is 0 Å². The van der Waals surface area contributed by atoms with Gasteiger partial charge in [0.25, 0.3) is 0 Å². The summed E-state index contributed by atoms with van der Waals surface area (Å²) in [7, 11) is 0.393. The molecule has 2 nitrogen and oxygen atoms in total. The Kier molecular flexibility index (Phi) is 5.89. The highest BCUT2D eigenvalue weighted by Crippen LogP contribution is 2.16. The maximum atomic E-state index is 5.83. The summed E-state index contributed by atoms with van der Waals surface area (Å²) in [5.74, 6) is 0. The predicted molar refractivity (Wildman–Crippen MR) is 74.6 cm³/mol. The highest BCUT2D eigenvalue weighted by Gasteiger charge is 2.21. The summed E-state index contributed by atoms with van der Waals surface area (Å²) in [6, 6.07) is 11.5. The molecule has 0 spiro atoms.